The van der Waals surface area contributed by atoms with Gasteiger partial charge in [-0.1, -0.05) is 12.1 Å². The molecule has 1 amide bonds. The fraction of sp³-hybridized carbons (Fsp3) is 0.474. The van der Waals surface area contributed by atoms with Crippen molar-refractivity contribution in [2.75, 3.05) is 24.5 Å². The van der Waals surface area contributed by atoms with E-state index in [2.05, 4.69) is 35.5 Å². The first-order chi connectivity index (χ1) is 11.7. The van der Waals surface area contributed by atoms with E-state index >= 15 is 0 Å². The molecule has 5 nitrogen and oxygen atoms in total. The Morgan fingerprint density at radius 2 is 2.16 bits per heavy atom. The highest BCUT2D eigenvalue weighted by atomic mass is 35.5. The second-order valence-electron chi connectivity index (χ2n) is 6.87. The lowest BCUT2D eigenvalue weighted by molar-refractivity contribution is 0.0979. The predicted octanol–water partition coefficient (Wildman–Crippen LogP) is 3.13. The summed E-state index contributed by atoms with van der Waals surface area (Å²) in [5.74, 6) is 0.0177. The molecule has 0 spiro atoms. The van der Waals surface area contributed by atoms with Crippen LogP contribution in [0.1, 0.15) is 46.9 Å². The van der Waals surface area contributed by atoms with Crippen molar-refractivity contribution < 1.29 is 4.79 Å². The molecule has 6 heteroatoms. The van der Waals surface area contributed by atoms with Gasteiger partial charge in [-0.2, -0.15) is 5.10 Å². The van der Waals surface area contributed by atoms with Crippen molar-refractivity contribution in [3.05, 3.63) is 47.3 Å². The number of piperidine rings is 1. The summed E-state index contributed by atoms with van der Waals surface area (Å²) < 4.78 is 1.96. The van der Waals surface area contributed by atoms with Crippen LogP contribution >= 0.6 is 12.4 Å². The first kappa shape index (κ1) is 18.0. The molecule has 1 N–H and O–H groups in total. The number of carbonyl (C=O) groups is 1. The monoisotopic (exact) mass is 360 g/mol. The zero-order valence-electron chi connectivity index (χ0n) is 14.6. The van der Waals surface area contributed by atoms with Gasteiger partial charge in [0.2, 0.25) is 0 Å². The SMILES string of the molecule is Cc1ccc2c(c1)N(C(=O)c1ccn(C3CCCNC3)n1)CCC2.Cl. The maximum atomic E-state index is 13.0. The van der Waals surface area contributed by atoms with Crippen LogP contribution in [0.3, 0.4) is 0 Å². The third-order valence-corrected chi connectivity index (χ3v) is 5.08. The maximum Gasteiger partial charge on any atom is 0.278 e. The van der Waals surface area contributed by atoms with E-state index in [-0.39, 0.29) is 18.3 Å². The Morgan fingerprint density at radius 3 is 2.96 bits per heavy atom. The summed E-state index contributed by atoms with van der Waals surface area (Å²) in [6.07, 6.45) is 6.28. The molecule has 25 heavy (non-hydrogen) atoms. The number of rotatable bonds is 2. The molecule has 1 fully saturated rings. The van der Waals surface area contributed by atoms with Gasteiger partial charge in [-0.15, -0.1) is 12.4 Å². The lowest BCUT2D eigenvalue weighted by atomic mass is 9.99. The van der Waals surface area contributed by atoms with Gasteiger partial charge in [0.25, 0.3) is 5.91 Å². The van der Waals surface area contributed by atoms with Gasteiger partial charge < -0.3 is 10.2 Å². The van der Waals surface area contributed by atoms with Crippen LogP contribution in [0.5, 0.6) is 0 Å². The second-order valence-corrected chi connectivity index (χ2v) is 6.87. The predicted molar refractivity (Wildman–Crippen MR) is 102 cm³/mol. The van der Waals surface area contributed by atoms with E-state index in [4.69, 9.17) is 0 Å². The third-order valence-electron chi connectivity index (χ3n) is 5.08. The zero-order chi connectivity index (χ0) is 16.5. The molecule has 2 aliphatic rings. The van der Waals surface area contributed by atoms with Gasteiger partial charge >= 0.3 is 0 Å². The Bertz CT molecular complexity index is 752. The highest BCUT2D eigenvalue weighted by Gasteiger charge is 2.26. The molecule has 1 unspecified atom stereocenters. The van der Waals surface area contributed by atoms with Crippen LogP contribution in [0.2, 0.25) is 0 Å². The normalized spacial score (nSPS) is 19.9. The Kier molecular flexibility index (Phi) is 5.45. The van der Waals surface area contributed by atoms with Gasteiger partial charge in [0.1, 0.15) is 0 Å². The van der Waals surface area contributed by atoms with E-state index in [1.165, 1.54) is 11.1 Å². The molecule has 1 aromatic heterocycles. The number of halogens is 1. The van der Waals surface area contributed by atoms with Gasteiger partial charge in [0.15, 0.2) is 5.69 Å². The van der Waals surface area contributed by atoms with E-state index in [1.54, 1.807) is 0 Å². The van der Waals surface area contributed by atoms with E-state index < -0.39 is 0 Å². The molecular formula is C19H25ClN4O. The fourth-order valence-corrected chi connectivity index (χ4v) is 3.75. The van der Waals surface area contributed by atoms with Crippen LogP contribution < -0.4 is 10.2 Å². The van der Waals surface area contributed by atoms with Gasteiger partial charge in [-0.25, -0.2) is 0 Å². The van der Waals surface area contributed by atoms with Gasteiger partial charge in [0.05, 0.1) is 6.04 Å². The Hall–Kier alpha value is -1.85. The van der Waals surface area contributed by atoms with Crippen LogP contribution in [0.15, 0.2) is 30.5 Å². The number of amides is 1. The molecule has 0 saturated carbocycles. The summed E-state index contributed by atoms with van der Waals surface area (Å²) in [4.78, 5) is 14.9. The molecule has 0 aliphatic carbocycles. The summed E-state index contributed by atoms with van der Waals surface area (Å²) in [5, 5.41) is 7.99. The zero-order valence-corrected chi connectivity index (χ0v) is 15.4. The highest BCUT2D eigenvalue weighted by Crippen LogP contribution is 2.29. The van der Waals surface area contributed by atoms with Crippen molar-refractivity contribution in [3.8, 4) is 0 Å². The van der Waals surface area contributed by atoms with E-state index in [1.807, 2.05) is 21.8 Å². The first-order valence-electron chi connectivity index (χ1n) is 8.89. The first-order valence-corrected chi connectivity index (χ1v) is 8.89. The maximum absolute atomic E-state index is 13.0. The lowest BCUT2D eigenvalue weighted by Gasteiger charge is -2.29. The minimum atomic E-state index is 0. The lowest BCUT2D eigenvalue weighted by Crippen LogP contribution is -2.36. The Balaban J connectivity index is 0.00000182. The number of nitrogens with zero attached hydrogens (tertiary/aromatic N) is 3. The van der Waals surface area contributed by atoms with Gasteiger partial charge in [-0.3, -0.25) is 9.48 Å². The van der Waals surface area contributed by atoms with Crippen molar-refractivity contribution in [2.45, 2.75) is 38.6 Å². The Morgan fingerprint density at radius 1 is 1.28 bits per heavy atom. The van der Waals surface area contributed by atoms with Crippen molar-refractivity contribution in [1.29, 1.82) is 0 Å². The highest BCUT2D eigenvalue weighted by molar-refractivity contribution is 6.05. The summed E-state index contributed by atoms with van der Waals surface area (Å²) in [6.45, 7) is 4.85. The molecule has 1 saturated heterocycles. The summed E-state index contributed by atoms with van der Waals surface area (Å²) in [6, 6.07) is 8.61. The van der Waals surface area contributed by atoms with Crippen molar-refractivity contribution >= 4 is 24.0 Å². The van der Waals surface area contributed by atoms with Crippen LogP contribution in [0, 0.1) is 6.92 Å². The number of anilines is 1. The minimum absolute atomic E-state index is 0. The molecular weight excluding hydrogens is 336 g/mol. The number of fused-ring (bicyclic) bond motifs is 1. The largest absolute Gasteiger partial charge is 0.315 e. The fourth-order valence-electron chi connectivity index (χ4n) is 3.75. The topological polar surface area (TPSA) is 50.2 Å². The van der Waals surface area contributed by atoms with Crippen molar-refractivity contribution in [3.63, 3.8) is 0 Å². The van der Waals surface area contributed by atoms with Crippen LogP contribution in [-0.4, -0.2) is 35.3 Å². The van der Waals surface area contributed by atoms with Gasteiger partial charge in [-0.05, 0) is 62.4 Å². The number of aryl methyl sites for hydroxylation is 2. The minimum Gasteiger partial charge on any atom is -0.315 e. The summed E-state index contributed by atoms with van der Waals surface area (Å²) in [5.41, 5.74) is 4.05. The number of carbonyl (C=O) groups excluding carboxylic acids is 1. The smallest absolute Gasteiger partial charge is 0.278 e. The summed E-state index contributed by atoms with van der Waals surface area (Å²) in [7, 11) is 0. The van der Waals surface area contributed by atoms with Crippen LogP contribution in [0.25, 0.3) is 0 Å². The average Bonchev–Trinajstić information content (AvgIpc) is 3.11. The molecule has 1 aromatic carbocycles. The number of nitrogens with one attached hydrogen (secondary N) is 1. The second kappa shape index (κ2) is 7.58. The molecule has 3 heterocycles. The standard InChI is InChI=1S/C19H24N4O.ClH/c1-14-6-7-15-4-3-10-22(18(15)12-14)19(24)17-8-11-23(21-17)16-5-2-9-20-13-16;/h6-8,11-12,16,20H,2-5,9-10,13H2,1H3;1H. The molecule has 4 rings (SSSR count). The van der Waals surface area contributed by atoms with Crippen LogP contribution in [0.4, 0.5) is 5.69 Å². The number of aromatic nitrogens is 2. The molecule has 134 valence electrons. The Labute approximate surface area is 154 Å². The van der Waals surface area contributed by atoms with Crippen molar-refractivity contribution in [2.24, 2.45) is 0 Å². The molecule has 0 radical (unpaired) electrons. The number of hydrogen-bond acceptors (Lipinski definition) is 3. The van der Waals surface area contributed by atoms with Gasteiger partial charge in [0, 0.05) is 25.0 Å². The molecule has 2 aliphatic heterocycles. The van der Waals surface area contributed by atoms with Crippen molar-refractivity contribution in [1.82, 2.24) is 15.1 Å². The molecule has 0 bridgehead atoms. The van der Waals surface area contributed by atoms with E-state index in [9.17, 15) is 4.79 Å². The quantitative estimate of drug-likeness (QED) is 0.895. The number of hydrogen-bond donors (Lipinski definition) is 1. The van der Waals surface area contributed by atoms with Crippen LogP contribution in [-0.2, 0) is 6.42 Å². The summed E-state index contributed by atoms with van der Waals surface area (Å²) >= 11 is 0. The molecule has 2 aromatic rings. The molecule has 1 atom stereocenters. The average molecular weight is 361 g/mol. The third kappa shape index (κ3) is 3.58. The van der Waals surface area contributed by atoms with E-state index in [0.29, 0.717) is 11.7 Å². The number of benzene rings is 1. The van der Waals surface area contributed by atoms with E-state index in [0.717, 1.165) is 51.0 Å².